The Morgan fingerprint density at radius 1 is 1.17 bits per heavy atom. The molecule has 0 saturated carbocycles. The van der Waals surface area contributed by atoms with Crippen molar-refractivity contribution in [3.63, 3.8) is 0 Å². The van der Waals surface area contributed by atoms with Gasteiger partial charge in [-0.2, -0.15) is 0 Å². The Hall–Kier alpha value is -3.73. The summed E-state index contributed by atoms with van der Waals surface area (Å²) < 4.78 is 5.22. The van der Waals surface area contributed by atoms with Crippen LogP contribution in [-0.4, -0.2) is 40.5 Å². The number of amides is 2. The highest BCUT2D eigenvalue weighted by Crippen LogP contribution is 2.17. The number of guanidine groups is 1. The predicted molar refractivity (Wildman–Crippen MR) is 106 cm³/mol. The van der Waals surface area contributed by atoms with E-state index < -0.39 is 29.0 Å². The number of benzene rings is 2. The van der Waals surface area contributed by atoms with E-state index in [4.69, 9.17) is 21.9 Å². The SMILES string of the molecule is NCCC[C@@H](C(N)=O)N(C(=O)OCc1ccc2ccccc2c1)C(N)=N[N+](=O)[O-]. The molecule has 6 N–H and O–H groups in total. The molecule has 0 fully saturated rings. The standard InChI is InChI=1S/C18H22N6O5/c19-9-3-6-15(16(20)25)23(17(21)22-24(27)28)18(26)29-11-12-7-8-13-4-1-2-5-14(13)10-12/h1-2,4-5,7-8,10,15H,3,6,9,11,19H2,(H2,20,25)(H2,21,22)/t15-/m0/s1. The summed E-state index contributed by atoms with van der Waals surface area (Å²) in [6.07, 6.45) is -0.708. The van der Waals surface area contributed by atoms with E-state index in [1.165, 1.54) is 0 Å². The number of nitrogens with two attached hydrogens (primary N) is 3. The average Bonchev–Trinajstić information content (AvgIpc) is 2.68. The van der Waals surface area contributed by atoms with Crippen molar-refractivity contribution in [1.29, 1.82) is 0 Å². The van der Waals surface area contributed by atoms with Crippen molar-refractivity contribution in [1.82, 2.24) is 4.90 Å². The van der Waals surface area contributed by atoms with Crippen LogP contribution in [0.1, 0.15) is 18.4 Å². The van der Waals surface area contributed by atoms with Gasteiger partial charge in [0.25, 0.3) is 5.96 Å². The second kappa shape index (κ2) is 9.99. The van der Waals surface area contributed by atoms with Gasteiger partial charge in [-0.3, -0.25) is 4.79 Å². The average molecular weight is 402 g/mol. The van der Waals surface area contributed by atoms with E-state index in [1.54, 1.807) is 6.07 Å². The highest BCUT2D eigenvalue weighted by molar-refractivity contribution is 5.98. The second-order valence-electron chi connectivity index (χ2n) is 6.15. The Bertz CT molecular complexity index is 932. The summed E-state index contributed by atoms with van der Waals surface area (Å²) in [4.78, 5) is 35.7. The number of hydrogen-bond acceptors (Lipinski definition) is 6. The number of hydrogen-bond donors (Lipinski definition) is 3. The Morgan fingerprint density at radius 2 is 1.86 bits per heavy atom. The van der Waals surface area contributed by atoms with Gasteiger partial charge < -0.3 is 21.9 Å². The number of carbonyl (C=O) groups is 2. The predicted octanol–water partition coefficient (Wildman–Crippen LogP) is 0.878. The third-order valence-electron chi connectivity index (χ3n) is 4.13. The van der Waals surface area contributed by atoms with Crippen LogP contribution in [0.2, 0.25) is 0 Å². The van der Waals surface area contributed by atoms with Gasteiger partial charge in [0, 0.05) is 0 Å². The molecule has 2 aromatic rings. The van der Waals surface area contributed by atoms with E-state index in [9.17, 15) is 19.7 Å². The summed E-state index contributed by atoms with van der Waals surface area (Å²) in [5.41, 5.74) is 17.0. The van der Waals surface area contributed by atoms with Gasteiger partial charge in [0.15, 0.2) is 5.03 Å². The monoisotopic (exact) mass is 402 g/mol. The first-order valence-electron chi connectivity index (χ1n) is 8.75. The number of ether oxygens (including phenoxy) is 1. The van der Waals surface area contributed by atoms with Gasteiger partial charge in [0.2, 0.25) is 5.91 Å². The van der Waals surface area contributed by atoms with Crippen molar-refractivity contribution < 1.29 is 19.4 Å². The molecule has 0 aliphatic carbocycles. The number of fused-ring (bicyclic) bond motifs is 1. The fraction of sp³-hybridized carbons (Fsp3) is 0.278. The molecule has 0 bridgehead atoms. The maximum atomic E-state index is 12.6. The number of primary amides is 1. The van der Waals surface area contributed by atoms with Crippen LogP contribution in [-0.2, 0) is 16.1 Å². The normalized spacial score (nSPS) is 12.4. The molecular formula is C18H22N6O5. The highest BCUT2D eigenvalue weighted by atomic mass is 16.7. The zero-order valence-electron chi connectivity index (χ0n) is 15.6. The second-order valence-corrected chi connectivity index (χ2v) is 6.15. The smallest absolute Gasteiger partial charge is 0.417 e. The first-order valence-corrected chi connectivity index (χ1v) is 8.75. The van der Waals surface area contributed by atoms with Gasteiger partial charge in [0.1, 0.15) is 17.8 Å². The van der Waals surface area contributed by atoms with Crippen LogP contribution < -0.4 is 17.2 Å². The summed E-state index contributed by atoms with van der Waals surface area (Å²) in [6, 6.07) is 11.8. The van der Waals surface area contributed by atoms with E-state index in [1.807, 2.05) is 36.4 Å². The molecule has 0 aromatic heterocycles. The first-order chi connectivity index (χ1) is 13.8. The summed E-state index contributed by atoms with van der Waals surface area (Å²) in [5, 5.41) is 14.5. The lowest BCUT2D eigenvalue weighted by molar-refractivity contribution is -0.485. The molecular weight excluding hydrogens is 380 g/mol. The molecule has 0 spiro atoms. The number of carbonyl (C=O) groups excluding carboxylic acids is 2. The fourth-order valence-corrected chi connectivity index (χ4v) is 2.77. The van der Waals surface area contributed by atoms with Crippen molar-refractivity contribution in [3.8, 4) is 0 Å². The van der Waals surface area contributed by atoms with Crippen LogP contribution in [0.4, 0.5) is 4.79 Å². The molecule has 0 aliphatic rings. The Morgan fingerprint density at radius 3 is 2.48 bits per heavy atom. The molecule has 154 valence electrons. The van der Waals surface area contributed by atoms with Gasteiger partial charge in [0.05, 0.1) is 0 Å². The van der Waals surface area contributed by atoms with Gasteiger partial charge in [-0.15, -0.1) is 0 Å². The molecule has 0 saturated heterocycles. The lowest BCUT2D eigenvalue weighted by Gasteiger charge is -2.26. The third kappa shape index (κ3) is 5.87. The van der Waals surface area contributed by atoms with Crippen molar-refractivity contribution >= 4 is 28.7 Å². The third-order valence-corrected chi connectivity index (χ3v) is 4.13. The highest BCUT2D eigenvalue weighted by Gasteiger charge is 2.33. The zero-order valence-corrected chi connectivity index (χ0v) is 15.6. The van der Waals surface area contributed by atoms with Gasteiger partial charge in [-0.25, -0.2) is 19.8 Å². The Labute approximate surface area is 166 Å². The fourth-order valence-electron chi connectivity index (χ4n) is 2.77. The van der Waals surface area contributed by atoms with Crippen LogP contribution in [0.25, 0.3) is 10.8 Å². The quantitative estimate of drug-likeness (QED) is 0.253. The first kappa shape index (κ1) is 21.6. The molecule has 0 aliphatic heterocycles. The molecule has 0 unspecified atom stereocenters. The molecule has 2 rings (SSSR count). The van der Waals surface area contributed by atoms with Gasteiger partial charge in [-0.05, 0) is 41.8 Å². The maximum Gasteiger partial charge on any atom is 0.417 e. The molecule has 0 heterocycles. The lowest BCUT2D eigenvalue weighted by Crippen LogP contribution is -2.54. The van der Waals surface area contributed by atoms with E-state index in [2.05, 4.69) is 5.10 Å². The number of nitrogens with zero attached hydrogens (tertiary/aromatic N) is 3. The molecule has 2 amide bonds. The van der Waals surface area contributed by atoms with Crippen LogP contribution in [0, 0.1) is 10.1 Å². The maximum absolute atomic E-state index is 12.6. The molecule has 0 radical (unpaired) electrons. The van der Waals surface area contributed by atoms with Crippen LogP contribution in [0.3, 0.4) is 0 Å². The van der Waals surface area contributed by atoms with Crippen molar-refractivity contribution in [3.05, 3.63) is 58.1 Å². The minimum atomic E-state index is -1.29. The number of hydrazone groups is 1. The van der Waals surface area contributed by atoms with Gasteiger partial charge in [-0.1, -0.05) is 36.4 Å². The van der Waals surface area contributed by atoms with Crippen LogP contribution in [0.15, 0.2) is 47.6 Å². The minimum Gasteiger partial charge on any atom is -0.444 e. The van der Waals surface area contributed by atoms with E-state index in [0.29, 0.717) is 16.9 Å². The summed E-state index contributed by atoms with van der Waals surface area (Å²) in [6.45, 7) is 0.0737. The summed E-state index contributed by atoms with van der Waals surface area (Å²) >= 11 is 0. The summed E-state index contributed by atoms with van der Waals surface area (Å²) in [5.74, 6) is -1.72. The molecule has 11 heteroatoms. The molecule has 29 heavy (non-hydrogen) atoms. The Balaban J connectivity index is 2.22. The lowest BCUT2D eigenvalue weighted by atomic mass is 10.1. The molecule has 1 atom stereocenters. The number of rotatable bonds is 8. The minimum absolute atomic E-state index is 0.0465. The Kier molecular flexibility index (Phi) is 7.43. The van der Waals surface area contributed by atoms with Crippen LogP contribution in [0.5, 0.6) is 0 Å². The largest absolute Gasteiger partial charge is 0.444 e. The van der Waals surface area contributed by atoms with E-state index in [0.717, 1.165) is 10.8 Å². The van der Waals surface area contributed by atoms with E-state index >= 15 is 0 Å². The summed E-state index contributed by atoms with van der Waals surface area (Å²) in [7, 11) is 0. The van der Waals surface area contributed by atoms with Crippen molar-refractivity contribution in [2.24, 2.45) is 22.3 Å². The molecule has 2 aromatic carbocycles. The molecule has 11 nitrogen and oxygen atoms in total. The van der Waals surface area contributed by atoms with Crippen LogP contribution >= 0.6 is 0 Å². The number of nitro groups is 1. The van der Waals surface area contributed by atoms with Gasteiger partial charge >= 0.3 is 6.09 Å². The van der Waals surface area contributed by atoms with Crippen molar-refractivity contribution in [2.75, 3.05) is 6.54 Å². The zero-order chi connectivity index (χ0) is 21.4. The van der Waals surface area contributed by atoms with E-state index in [-0.39, 0.29) is 19.6 Å². The topological polar surface area (TPSA) is 180 Å². The van der Waals surface area contributed by atoms with Crippen molar-refractivity contribution in [2.45, 2.75) is 25.5 Å².